The zero-order valence-corrected chi connectivity index (χ0v) is 13.4. The first-order valence-corrected chi connectivity index (χ1v) is 8.39. The molecule has 22 heavy (non-hydrogen) atoms. The van der Waals surface area contributed by atoms with Gasteiger partial charge in [0.25, 0.3) is 0 Å². The van der Waals surface area contributed by atoms with Gasteiger partial charge in [0.1, 0.15) is 11.6 Å². The summed E-state index contributed by atoms with van der Waals surface area (Å²) >= 11 is 0. The molecule has 3 heteroatoms. The van der Waals surface area contributed by atoms with Crippen LogP contribution in [0.4, 0.5) is 5.82 Å². The van der Waals surface area contributed by atoms with E-state index in [0.29, 0.717) is 12.0 Å². The molecule has 2 aromatic rings. The zero-order valence-electron chi connectivity index (χ0n) is 13.4. The van der Waals surface area contributed by atoms with Crippen molar-refractivity contribution in [2.45, 2.75) is 51.5 Å². The smallest absolute Gasteiger partial charge is 0.133 e. The minimum Gasteiger partial charge on any atom is -0.349 e. The molecule has 2 fully saturated rings. The highest BCUT2D eigenvalue weighted by molar-refractivity contribution is 5.45. The summed E-state index contributed by atoms with van der Waals surface area (Å²) in [4.78, 5) is 11.8. The van der Waals surface area contributed by atoms with Crippen LogP contribution >= 0.6 is 0 Å². The molecule has 4 rings (SSSR count). The van der Waals surface area contributed by atoms with E-state index in [-0.39, 0.29) is 0 Å². The van der Waals surface area contributed by atoms with Gasteiger partial charge in [0, 0.05) is 18.7 Å². The molecule has 0 bridgehead atoms. The van der Waals surface area contributed by atoms with Crippen LogP contribution in [0.15, 0.2) is 30.5 Å². The van der Waals surface area contributed by atoms with Crippen LogP contribution in [0.1, 0.15) is 60.2 Å². The largest absolute Gasteiger partial charge is 0.349 e. The van der Waals surface area contributed by atoms with Crippen molar-refractivity contribution in [3.05, 3.63) is 53.0 Å². The van der Waals surface area contributed by atoms with Gasteiger partial charge in [-0.25, -0.2) is 9.97 Å². The van der Waals surface area contributed by atoms with Gasteiger partial charge in [-0.05, 0) is 62.3 Å². The Kier molecular flexibility index (Phi) is 3.36. The number of rotatable bonds is 3. The van der Waals surface area contributed by atoms with Gasteiger partial charge in [0.05, 0.1) is 6.04 Å². The van der Waals surface area contributed by atoms with Gasteiger partial charge in [-0.2, -0.15) is 0 Å². The van der Waals surface area contributed by atoms with Gasteiger partial charge in [-0.3, -0.25) is 0 Å². The summed E-state index contributed by atoms with van der Waals surface area (Å²) in [6.07, 6.45) is 6.89. The second kappa shape index (κ2) is 5.38. The van der Waals surface area contributed by atoms with Crippen LogP contribution in [0.5, 0.6) is 0 Å². The monoisotopic (exact) mass is 293 g/mol. The van der Waals surface area contributed by atoms with E-state index >= 15 is 0 Å². The molecule has 114 valence electrons. The third-order valence-electron chi connectivity index (χ3n) is 5.06. The van der Waals surface area contributed by atoms with E-state index in [2.05, 4.69) is 48.0 Å². The van der Waals surface area contributed by atoms with Gasteiger partial charge in [-0.1, -0.05) is 18.2 Å². The van der Waals surface area contributed by atoms with Crippen molar-refractivity contribution >= 4 is 5.82 Å². The molecular formula is C19H23N3. The highest BCUT2D eigenvalue weighted by Crippen LogP contribution is 2.40. The Morgan fingerprint density at radius 1 is 1.05 bits per heavy atom. The minimum atomic E-state index is 0.459. The molecule has 1 aliphatic carbocycles. The molecular weight excluding hydrogens is 270 g/mol. The summed E-state index contributed by atoms with van der Waals surface area (Å²) in [6, 6.07) is 9.42. The second-order valence-electron chi connectivity index (χ2n) is 6.74. The summed E-state index contributed by atoms with van der Waals surface area (Å²) in [5.41, 5.74) is 4.17. The van der Waals surface area contributed by atoms with Crippen molar-refractivity contribution in [3.8, 4) is 0 Å². The fourth-order valence-corrected chi connectivity index (χ4v) is 3.42. The molecule has 1 atom stereocenters. The summed E-state index contributed by atoms with van der Waals surface area (Å²) in [6.45, 7) is 5.48. The molecule has 1 saturated carbocycles. The van der Waals surface area contributed by atoms with E-state index in [1.165, 1.54) is 42.4 Å². The lowest BCUT2D eigenvalue weighted by Gasteiger charge is -2.26. The van der Waals surface area contributed by atoms with Crippen molar-refractivity contribution in [2.24, 2.45) is 0 Å². The number of hydrogen-bond donors (Lipinski definition) is 0. The van der Waals surface area contributed by atoms with Crippen molar-refractivity contribution in [1.82, 2.24) is 9.97 Å². The van der Waals surface area contributed by atoms with Crippen LogP contribution in [0, 0.1) is 13.8 Å². The predicted molar refractivity (Wildman–Crippen MR) is 89.2 cm³/mol. The van der Waals surface area contributed by atoms with Crippen LogP contribution < -0.4 is 4.90 Å². The van der Waals surface area contributed by atoms with Crippen LogP contribution in [0.2, 0.25) is 0 Å². The van der Waals surface area contributed by atoms with Crippen molar-refractivity contribution in [2.75, 3.05) is 11.4 Å². The Morgan fingerprint density at radius 3 is 2.68 bits per heavy atom. The van der Waals surface area contributed by atoms with E-state index in [1.54, 1.807) is 0 Å². The van der Waals surface area contributed by atoms with Gasteiger partial charge in [0.15, 0.2) is 0 Å². The van der Waals surface area contributed by atoms with E-state index in [4.69, 9.17) is 4.98 Å². The van der Waals surface area contributed by atoms with Crippen LogP contribution in [0.25, 0.3) is 0 Å². The first kappa shape index (κ1) is 13.7. The van der Waals surface area contributed by atoms with Crippen LogP contribution in [-0.2, 0) is 0 Å². The number of benzene rings is 1. The molecule has 0 N–H and O–H groups in total. The van der Waals surface area contributed by atoms with E-state index in [1.807, 2.05) is 6.20 Å². The highest BCUT2D eigenvalue weighted by Gasteiger charge is 2.30. The maximum Gasteiger partial charge on any atom is 0.133 e. The highest BCUT2D eigenvalue weighted by atomic mass is 15.2. The molecule has 1 aromatic carbocycles. The Balaban J connectivity index is 1.65. The minimum absolute atomic E-state index is 0.459. The first-order valence-electron chi connectivity index (χ1n) is 8.39. The van der Waals surface area contributed by atoms with E-state index < -0.39 is 0 Å². The lowest BCUT2D eigenvalue weighted by Crippen LogP contribution is -2.24. The second-order valence-corrected chi connectivity index (χ2v) is 6.74. The lowest BCUT2D eigenvalue weighted by molar-refractivity contribution is 0.705. The van der Waals surface area contributed by atoms with Gasteiger partial charge in [0.2, 0.25) is 0 Å². The van der Waals surface area contributed by atoms with Crippen LogP contribution in [-0.4, -0.2) is 16.5 Å². The Labute approximate surface area is 132 Å². The van der Waals surface area contributed by atoms with Crippen LogP contribution in [0.3, 0.4) is 0 Å². The third kappa shape index (κ3) is 2.49. The predicted octanol–water partition coefficient (Wildman–Crippen LogP) is 4.31. The maximum absolute atomic E-state index is 4.85. The number of aryl methyl sites for hydroxylation is 2. The molecule has 0 radical (unpaired) electrons. The maximum atomic E-state index is 4.85. The van der Waals surface area contributed by atoms with Gasteiger partial charge in [-0.15, -0.1) is 0 Å². The molecule has 2 aliphatic rings. The number of anilines is 1. The number of hydrogen-bond acceptors (Lipinski definition) is 3. The summed E-state index contributed by atoms with van der Waals surface area (Å²) in [5.74, 6) is 2.77. The summed E-state index contributed by atoms with van der Waals surface area (Å²) < 4.78 is 0. The van der Waals surface area contributed by atoms with E-state index in [9.17, 15) is 0 Å². The molecule has 3 nitrogen and oxygen atoms in total. The zero-order chi connectivity index (χ0) is 15.1. The first-order chi connectivity index (χ1) is 10.7. The Bertz CT molecular complexity index is 691. The summed E-state index contributed by atoms with van der Waals surface area (Å²) in [7, 11) is 0. The molecule has 1 saturated heterocycles. The SMILES string of the molecule is Cc1ccc([C@H]2CCCN2c2ccnc(C3CC3)n2)cc1C. The quantitative estimate of drug-likeness (QED) is 0.844. The molecule has 1 aromatic heterocycles. The lowest BCUT2D eigenvalue weighted by atomic mass is 9.99. The third-order valence-corrected chi connectivity index (χ3v) is 5.06. The normalized spacial score (nSPS) is 21.4. The van der Waals surface area contributed by atoms with Crippen molar-refractivity contribution in [1.29, 1.82) is 0 Å². The van der Waals surface area contributed by atoms with Gasteiger partial charge >= 0.3 is 0 Å². The van der Waals surface area contributed by atoms with Gasteiger partial charge < -0.3 is 4.90 Å². The molecule has 2 heterocycles. The molecule has 0 unspecified atom stereocenters. The molecule has 1 aliphatic heterocycles. The average Bonchev–Trinajstić information content (AvgIpc) is 3.27. The number of aromatic nitrogens is 2. The molecule has 0 amide bonds. The standard InChI is InChI=1S/C19H23N3/c1-13-5-6-16(12-14(13)2)17-4-3-11-22(17)18-9-10-20-19(21-18)15-7-8-15/h5-6,9-10,12,15,17H,3-4,7-8,11H2,1-2H3/t17-/m1/s1. The molecule has 0 spiro atoms. The Morgan fingerprint density at radius 2 is 1.91 bits per heavy atom. The van der Waals surface area contributed by atoms with Crippen molar-refractivity contribution in [3.63, 3.8) is 0 Å². The average molecular weight is 293 g/mol. The fourth-order valence-electron chi connectivity index (χ4n) is 3.42. The number of nitrogens with zero attached hydrogens (tertiary/aromatic N) is 3. The summed E-state index contributed by atoms with van der Waals surface area (Å²) in [5, 5.41) is 0. The fraction of sp³-hybridized carbons (Fsp3) is 0.474. The topological polar surface area (TPSA) is 29.0 Å². The van der Waals surface area contributed by atoms with Crippen molar-refractivity contribution < 1.29 is 0 Å². The van der Waals surface area contributed by atoms with E-state index in [0.717, 1.165) is 18.2 Å². The Hall–Kier alpha value is -1.90.